The smallest absolute Gasteiger partial charge is 0.295 e. The quantitative estimate of drug-likeness (QED) is 0.401. The van der Waals surface area contributed by atoms with Crippen LogP contribution in [0.5, 0.6) is 5.75 Å². The summed E-state index contributed by atoms with van der Waals surface area (Å²) in [5.74, 6) is -0.397. The number of aryl methyl sites for hydroxylation is 1. The highest BCUT2D eigenvalue weighted by atomic mass is 35.5. The molecular weight excluding hydrogens is 410 g/mol. The van der Waals surface area contributed by atoms with Crippen molar-refractivity contribution in [3.05, 3.63) is 58.0 Å². The van der Waals surface area contributed by atoms with Gasteiger partial charge in [-0.3, -0.25) is 9.59 Å². The fourth-order valence-corrected chi connectivity index (χ4v) is 3.62. The molecule has 1 saturated heterocycles. The molecule has 1 amide bonds. The molecule has 1 aliphatic heterocycles. The van der Waals surface area contributed by atoms with E-state index in [9.17, 15) is 14.7 Å². The predicted molar refractivity (Wildman–Crippen MR) is 112 cm³/mol. The summed E-state index contributed by atoms with van der Waals surface area (Å²) in [7, 11) is 1.48. The fourth-order valence-electron chi connectivity index (χ4n) is 3.36. The van der Waals surface area contributed by atoms with E-state index in [1.807, 2.05) is 13.8 Å². The lowest BCUT2D eigenvalue weighted by molar-refractivity contribution is -0.140. The number of amides is 1. The first-order valence-electron chi connectivity index (χ1n) is 9.54. The number of hydrogen-bond donors (Lipinski definition) is 1. The molecule has 0 aliphatic carbocycles. The number of rotatable bonds is 7. The highest BCUT2D eigenvalue weighted by Gasteiger charge is 2.47. The van der Waals surface area contributed by atoms with Gasteiger partial charge < -0.3 is 23.9 Å². The van der Waals surface area contributed by atoms with Gasteiger partial charge in [-0.05, 0) is 51.1 Å². The van der Waals surface area contributed by atoms with Gasteiger partial charge in [-0.15, -0.1) is 0 Å². The molecule has 1 aromatic heterocycles. The van der Waals surface area contributed by atoms with E-state index in [1.54, 1.807) is 31.2 Å². The van der Waals surface area contributed by atoms with E-state index in [4.69, 9.17) is 25.5 Å². The Morgan fingerprint density at radius 2 is 2.00 bits per heavy atom. The summed E-state index contributed by atoms with van der Waals surface area (Å²) in [6, 6.07) is 7.20. The first-order chi connectivity index (χ1) is 14.2. The van der Waals surface area contributed by atoms with Gasteiger partial charge in [-0.1, -0.05) is 11.6 Å². The maximum absolute atomic E-state index is 12.9. The highest BCUT2D eigenvalue weighted by Crippen LogP contribution is 2.40. The van der Waals surface area contributed by atoms with Crippen molar-refractivity contribution in [3.63, 3.8) is 0 Å². The van der Waals surface area contributed by atoms with Crippen LogP contribution < -0.4 is 4.74 Å². The normalized spacial score (nSPS) is 18.5. The molecule has 1 unspecified atom stereocenters. The number of methoxy groups -OCH3 is 1. The molecule has 30 heavy (non-hydrogen) atoms. The summed E-state index contributed by atoms with van der Waals surface area (Å²) < 4.78 is 16.4. The molecule has 1 fully saturated rings. The van der Waals surface area contributed by atoms with Crippen LogP contribution in [0.4, 0.5) is 0 Å². The first kappa shape index (κ1) is 21.9. The number of ketones is 1. The third-order valence-corrected chi connectivity index (χ3v) is 5.07. The van der Waals surface area contributed by atoms with Crippen LogP contribution in [-0.4, -0.2) is 48.1 Å². The van der Waals surface area contributed by atoms with Gasteiger partial charge in [-0.2, -0.15) is 0 Å². The van der Waals surface area contributed by atoms with Crippen LogP contribution in [0.3, 0.4) is 0 Å². The zero-order valence-electron chi connectivity index (χ0n) is 17.3. The molecular formula is C22H24ClNO6. The zero-order valence-corrected chi connectivity index (χ0v) is 18.0. The van der Waals surface area contributed by atoms with E-state index < -0.39 is 17.7 Å². The average molecular weight is 434 g/mol. The van der Waals surface area contributed by atoms with Gasteiger partial charge in [0.15, 0.2) is 0 Å². The van der Waals surface area contributed by atoms with Crippen LogP contribution in [0.1, 0.15) is 37.0 Å². The third kappa shape index (κ3) is 4.22. The van der Waals surface area contributed by atoms with Crippen LogP contribution in [0.25, 0.3) is 5.76 Å². The molecule has 0 bridgehead atoms. The average Bonchev–Trinajstić information content (AvgIpc) is 3.23. The number of carbonyl (C=O) groups excluding carboxylic acids is 2. The van der Waals surface area contributed by atoms with Gasteiger partial charge in [-0.25, -0.2) is 0 Å². The van der Waals surface area contributed by atoms with Crippen molar-refractivity contribution < 1.29 is 28.6 Å². The largest absolute Gasteiger partial charge is 0.507 e. The monoisotopic (exact) mass is 433 g/mol. The molecule has 1 N–H and O–H groups in total. The Morgan fingerprint density at radius 3 is 2.57 bits per heavy atom. The zero-order chi connectivity index (χ0) is 22.0. The number of furan rings is 1. The Hall–Kier alpha value is -2.77. The number of aliphatic hydroxyl groups is 1. The summed E-state index contributed by atoms with van der Waals surface area (Å²) in [4.78, 5) is 27.0. The van der Waals surface area contributed by atoms with Gasteiger partial charge in [0.25, 0.3) is 11.7 Å². The third-order valence-electron chi connectivity index (χ3n) is 4.78. The molecule has 0 spiro atoms. The van der Waals surface area contributed by atoms with Gasteiger partial charge in [0.1, 0.15) is 29.1 Å². The topological polar surface area (TPSA) is 89.2 Å². The van der Waals surface area contributed by atoms with E-state index >= 15 is 0 Å². The van der Waals surface area contributed by atoms with E-state index in [1.165, 1.54) is 18.1 Å². The molecule has 0 radical (unpaired) electrons. The minimum absolute atomic E-state index is 0.0208. The molecule has 3 rings (SSSR count). The van der Waals surface area contributed by atoms with Gasteiger partial charge >= 0.3 is 0 Å². The van der Waals surface area contributed by atoms with Crippen molar-refractivity contribution in [2.45, 2.75) is 32.9 Å². The Morgan fingerprint density at radius 1 is 1.27 bits per heavy atom. The lowest BCUT2D eigenvalue weighted by Crippen LogP contribution is -2.33. The minimum Gasteiger partial charge on any atom is -0.507 e. The van der Waals surface area contributed by atoms with Crippen molar-refractivity contribution >= 4 is 29.1 Å². The van der Waals surface area contributed by atoms with Crippen LogP contribution in [0.2, 0.25) is 5.02 Å². The minimum atomic E-state index is -0.865. The Labute approximate surface area is 179 Å². The number of nitrogens with zero attached hydrogens (tertiary/aromatic N) is 1. The second-order valence-electron chi connectivity index (χ2n) is 7.21. The summed E-state index contributed by atoms with van der Waals surface area (Å²) in [5.41, 5.74) is 0.241. The molecule has 1 aromatic carbocycles. The van der Waals surface area contributed by atoms with Crippen LogP contribution in [0.15, 0.2) is 40.3 Å². The number of likely N-dealkylation sites (tertiary alicyclic amines) is 1. The van der Waals surface area contributed by atoms with Crippen molar-refractivity contribution in [2.75, 3.05) is 20.3 Å². The SMILES string of the molecule is COc1ccc(/C(O)=C2/C(=O)C(=O)N(CCOC(C)C)C2c2ccc(C)o2)cc1Cl. The predicted octanol–water partition coefficient (Wildman–Crippen LogP) is 4.10. The Balaban J connectivity index is 2.08. The van der Waals surface area contributed by atoms with E-state index in [0.717, 1.165) is 0 Å². The number of carbonyl (C=O) groups is 2. The Bertz CT molecular complexity index is 993. The van der Waals surface area contributed by atoms with E-state index in [0.29, 0.717) is 22.8 Å². The fraction of sp³-hybridized carbons (Fsp3) is 0.364. The number of aliphatic hydroxyl groups excluding tert-OH is 1. The van der Waals surface area contributed by atoms with Crippen molar-refractivity contribution in [1.82, 2.24) is 4.90 Å². The molecule has 160 valence electrons. The summed E-state index contributed by atoms with van der Waals surface area (Å²) >= 11 is 6.17. The van der Waals surface area contributed by atoms with Crippen molar-refractivity contribution in [2.24, 2.45) is 0 Å². The standard InChI is InChI=1S/C22H24ClNO6/c1-12(2)29-10-9-24-19(17-7-5-13(3)30-17)18(21(26)22(24)27)20(25)14-6-8-16(28-4)15(23)11-14/h5-8,11-12,19,25H,9-10H2,1-4H3/b20-18-. The van der Waals surface area contributed by atoms with Gasteiger partial charge in [0, 0.05) is 12.1 Å². The highest BCUT2D eigenvalue weighted by molar-refractivity contribution is 6.46. The maximum Gasteiger partial charge on any atom is 0.295 e. The number of Topliss-reactive ketones (excluding diaryl/α,β-unsaturated/α-hetero) is 1. The summed E-state index contributed by atoms with van der Waals surface area (Å²) in [6.07, 6.45) is -0.0208. The number of hydrogen-bond acceptors (Lipinski definition) is 6. The molecule has 2 heterocycles. The van der Waals surface area contributed by atoms with Crippen LogP contribution >= 0.6 is 11.6 Å². The first-order valence-corrected chi connectivity index (χ1v) is 9.92. The summed E-state index contributed by atoms with van der Waals surface area (Å²) in [5, 5.41) is 11.2. The second-order valence-corrected chi connectivity index (χ2v) is 7.62. The number of ether oxygens (including phenoxy) is 2. The summed E-state index contributed by atoms with van der Waals surface area (Å²) in [6.45, 7) is 5.95. The lowest BCUT2D eigenvalue weighted by atomic mass is 9.99. The van der Waals surface area contributed by atoms with Gasteiger partial charge in [0.05, 0.1) is 30.4 Å². The molecule has 2 aromatic rings. The van der Waals surface area contributed by atoms with Crippen molar-refractivity contribution in [1.29, 1.82) is 0 Å². The second kappa shape index (κ2) is 8.93. The van der Waals surface area contributed by atoms with E-state index in [2.05, 4.69) is 0 Å². The van der Waals surface area contributed by atoms with E-state index in [-0.39, 0.29) is 35.6 Å². The van der Waals surface area contributed by atoms with Crippen molar-refractivity contribution in [3.8, 4) is 5.75 Å². The number of halogens is 1. The molecule has 8 heteroatoms. The van der Waals surface area contributed by atoms with Gasteiger partial charge in [0.2, 0.25) is 0 Å². The lowest BCUT2D eigenvalue weighted by Gasteiger charge is -2.23. The maximum atomic E-state index is 12.9. The van der Waals surface area contributed by atoms with Crippen LogP contribution in [-0.2, 0) is 14.3 Å². The molecule has 1 aliphatic rings. The molecule has 7 nitrogen and oxygen atoms in total. The van der Waals surface area contributed by atoms with Crippen LogP contribution in [0, 0.1) is 6.92 Å². The number of benzene rings is 1. The molecule has 1 atom stereocenters. The molecule has 0 saturated carbocycles. The Kier molecular flexibility index (Phi) is 6.53.